The fourth-order valence-corrected chi connectivity index (χ4v) is 4.40. The third-order valence-electron chi connectivity index (χ3n) is 4.64. The van der Waals surface area contributed by atoms with Crippen LogP contribution in [0, 0.1) is 10.1 Å². The Bertz CT molecular complexity index is 1060. The second-order valence-corrected chi connectivity index (χ2v) is 7.67. The number of non-ortho nitro benzene ring substituents is 1. The molecule has 2 aromatic rings. The third-order valence-corrected chi connectivity index (χ3v) is 5.77. The number of methoxy groups -OCH3 is 1. The number of rotatable bonds is 5. The van der Waals surface area contributed by atoms with E-state index in [0.29, 0.717) is 35.6 Å². The summed E-state index contributed by atoms with van der Waals surface area (Å²) >= 11 is 1.23. The predicted octanol–water partition coefficient (Wildman–Crippen LogP) is 3.00. The molecule has 1 aliphatic heterocycles. The minimum atomic E-state index is -0.554. The minimum absolute atomic E-state index is 0.0564. The van der Waals surface area contributed by atoms with E-state index < -0.39 is 16.8 Å². The smallest absolute Gasteiger partial charge is 0.341 e. The second kappa shape index (κ2) is 8.87. The Balaban J connectivity index is 1.83. The Hall–Kier alpha value is -3.53. The highest BCUT2D eigenvalue weighted by molar-refractivity contribution is 7.17. The highest BCUT2D eigenvalue weighted by Gasteiger charge is 2.29. The Morgan fingerprint density at radius 1 is 1.33 bits per heavy atom. The second-order valence-electron chi connectivity index (χ2n) is 6.56. The third kappa shape index (κ3) is 4.54. The Kier molecular flexibility index (Phi) is 6.26. The topological polar surface area (TPSA) is 119 Å². The van der Waals surface area contributed by atoms with Crippen molar-refractivity contribution in [2.45, 2.75) is 19.9 Å². The summed E-state index contributed by atoms with van der Waals surface area (Å²) in [5, 5.41) is 13.9. The molecule has 0 unspecified atom stereocenters. The van der Waals surface area contributed by atoms with Gasteiger partial charge in [-0.05, 0) is 23.6 Å². The molecule has 2 amide bonds. The SMILES string of the molecule is COC(=O)c1c(NC(=O)C=Cc2cccc([N+](=O)[O-])c2)sc2c1CCN(C(C)=O)C2. The van der Waals surface area contributed by atoms with Gasteiger partial charge in [0, 0.05) is 36.6 Å². The summed E-state index contributed by atoms with van der Waals surface area (Å²) in [4.78, 5) is 49.2. The number of esters is 1. The summed E-state index contributed by atoms with van der Waals surface area (Å²) in [5.74, 6) is -1.10. The number of benzene rings is 1. The van der Waals surface area contributed by atoms with Crippen molar-refractivity contribution in [3.05, 3.63) is 62.0 Å². The zero-order valence-corrected chi connectivity index (χ0v) is 17.2. The van der Waals surface area contributed by atoms with E-state index in [-0.39, 0.29) is 11.6 Å². The molecule has 0 atom stereocenters. The molecule has 1 aliphatic rings. The van der Waals surface area contributed by atoms with Gasteiger partial charge in [0.1, 0.15) is 5.00 Å². The molecule has 3 rings (SSSR count). The van der Waals surface area contributed by atoms with Crippen LogP contribution in [0.25, 0.3) is 6.08 Å². The first-order chi connectivity index (χ1) is 14.3. The lowest BCUT2D eigenvalue weighted by Gasteiger charge is -2.25. The van der Waals surface area contributed by atoms with Gasteiger partial charge in [-0.25, -0.2) is 4.79 Å². The molecule has 2 heterocycles. The minimum Gasteiger partial charge on any atom is -0.465 e. The first-order valence-corrected chi connectivity index (χ1v) is 9.83. The van der Waals surface area contributed by atoms with E-state index in [1.54, 1.807) is 11.0 Å². The van der Waals surface area contributed by atoms with Crippen LogP contribution < -0.4 is 5.32 Å². The lowest BCUT2D eigenvalue weighted by atomic mass is 10.0. The number of nitro groups is 1. The first-order valence-electron chi connectivity index (χ1n) is 9.02. The fourth-order valence-electron chi connectivity index (χ4n) is 3.15. The molecule has 1 N–H and O–H groups in total. The molecule has 156 valence electrons. The number of thiophene rings is 1. The highest BCUT2D eigenvalue weighted by Crippen LogP contribution is 2.37. The first kappa shape index (κ1) is 21.2. The molecule has 0 aliphatic carbocycles. The quantitative estimate of drug-likeness (QED) is 0.338. The van der Waals surface area contributed by atoms with E-state index in [1.807, 2.05) is 0 Å². The van der Waals surface area contributed by atoms with Crippen molar-refractivity contribution in [1.29, 1.82) is 0 Å². The molecule has 30 heavy (non-hydrogen) atoms. The monoisotopic (exact) mass is 429 g/mol. The van der Waals surface area contributed by atoms with Crippen LogP contribution in [0.5, 0.6) is 0 Å². The van der Waals surface area contributed by atoms with E-state index in [1.165, 1.54) is 55.7 Å². The summed E-state index contributed by atoms with van der Waals surface area (Å²) in [5.41, 5.74) is 1.50. The standard InChI is InChI=1S/C20H19N3O6S/c1-12(24)22-9-8-15-16(11-22)30-19(18(15)20(26)29-2)21-17(25)7-6-13-4-3-5-14(10-13)23(27)28/h3-7,10H,8-9,11H2,1-2H3,(H,21,25). The van der Waals surface area contributed by atoms with Gasteiger partial charge in [-0.2, -0.15) is 0 Å². The lowest BCUT2D eigenvalue weighted by molar-refractivity contribution is -0.384. The van der Waals surface area contributed by atoms with Crippen molar-refractivity contribution < 1.29 is 24.0 Å². The largest absolute Gasteiger partial charge is 0.465 e. The highest BCUT2D eigenvalue weighted by atomic mass is 32.1. The molecule has 0 spiro atoms. The Labute approximate surface area is 176 Å². The number of nitro benzene ring substituents is 1. The van der Waals surface area contributed by atoms with Gasteiger partial charge in [0.05, 0.1) is 24.1 Å². The van der Waals surface area contributed by atoms with Crippen molar-refractivity contribution >= 4 is 45.9 Å². The predicted molar refractivity (Wildman–Crippen MR) is 111 cm³/mol. The summed E-state index contributed by atoms with van der Waals surface area (Å²) < 4.78 is 4.88. The number of amides is 2. The average Bonchev–Trinajstić information content (AvgIpc) is 3.08. The van der Waals surface area contributed by atoms with Crippen molar-refractivity contribution in [2.75, 3.05) is 19.0 Å². The number of hydrogen-bond acceptors (Lipinski definition) is 7. The van der Waals surface area contributed by atoms with Crippen LogP contribution in [0.1, 0.15) is 33.3 Å². The van der Waals surface area contributed by atoms with Crippen LogP contribution in [0.2, 0.25) is 0 Å². The molecular formula is C20H19N3O6S. The van der Waals surface area contributed by atoms with Gasteiger partial charge in [0.2, 0.25) is 11.8 Å². The van der Waals surface area contributed by atoms with Crippen LogP contribution >= 0.6 is 11.3 Å². The van der Waals surface area contributed by atoms with E-state index in [0.717, 1.165) is 10.4 Å². The van der Waals surface area contributed by atoms with Gasteiger partial charge in [-0.1, -0.05) is 12.1 Å². The molecule has 0 bridgehead atoms. The normalized spacial score (nSPS) is 13.1. The van der Waals surface area contributed by atoms with Crippen molar-refractivity contribution in [3.8, 4) is 0 Å². The molecule has 0 radical (unpaired) electrons. The Morgan fingerprint density at radius 3 is 2.77 bits per heavy atom. The van der Waals surface area contributed by atoms with Crippen LogP contribution in [0.15, 0.2) is 30.3 Å². The van der Waals surface area contributed by atoms with Gasteiger partial charge in [-0.15, -0.1) is 11.3 Å². The average molecular weight is 429 g/mol. The van der Waals surface area contributed by atoms with Crippen LogP contribution in [-0.4, -0.2) is 41.3 Å². The Morgan fingerprint density at radius 2 is 2.10 bits per heavy atom. The molecule has 0 fully saturated rings. The van der Waals surface area contributed by atoms with Crippen LogP contribution in [0.4, 0.5) is 10.7 Å². The van der Waals surface area contributed by atoms with E-state index in [9.17, 15) is 24.5 Å². The molecule has 10 heteroatoms. The molecule has 9 nitrogen and oxygen atoms in total. The number of ether oxygens (including phenoxy) is 1. The molecule has 0 saturated heterocycles. The zero-order chi connectivity index (χ0) is 21.8. The number of carbonyl (C=O) groups is 3. The molecule has 0 saturated carbocycles. The molecular weight excluding hydrogens is 410 g/mol. The maximum absolute atomic E-state index is 12.4. The van der Waals surface area contributed by atoms with E-state index in [2.05, 4.69) is 5.32 Å². The molecule has 1 aromatic carbocycles. The van der Waals surface area contributed by atoms with Crippen LogP contribution in [0.3, 0.4) is 0 Å². The van der Waals surface area contributed by atoms with Gasteiger partial charge >= 0.3 is 5.97 Å². The van der Waals surface area contributed by atoms with Gasteiger partial charge < -0.3 is 15.0 Å². The van der Waals surface area contributed by atoms with Crippen molar-refractivity contribution in [2.24, 2.45) is 0 Å². The summed E-state index contributed by atoms with van der Waals surface area (Å²) in [7, 11) is 1.27. The van der Waals surface area contributed by atoms with E-state index in [4.69, 9.17) is 4.74 Å². The maximum Gasteiger partial charge on any atom is 0.341 e. The van der Waals surface area contributed by atoms with Crippen LogP contribution in [-0.2, 0) is 27.3 Å². The maximum atomic E-state index is 12.4. The summed E-state index contributed by atoms with van der Waals surface area (Å²) in [6.07, 6.45) is 3.18. The van der Waals surface area contributed by atoms with Crippen molar-refractivity contribution in [1.82, 2.24) is 4.90 Å². The zero-order valence-electron chi connectivity index (χ0n) is 16.3. The number of anilines is 1. The number of hydrogen-bond donors (Lipinski definition) is 1. The summed E-state index contributed by atoms with van der Waals surface area (Å²) in [6, 6.07) is 5.88. The van der Waals surface area contributed by atoms with Gasteiger partial charge in [0.15, 0.2) is 0 Å². The molecule has 1 aromatic heterocycles. The summed E-state index contributed by atoms with van der Waals surface area (Å²) in [6.45, 7) is 2.35. The van der Waals surface area contributed by atoms with Gasteiger partial charge in [0.25, 0.3) is 5.69 Å². The number of carbonyl (C=O) groups excluding carboxylic acids is 3. The fraction of sp³-hybridized carbons (Fsp3) is 0.250. The van der Waals surface area contributed by atoms with Crippen molar-refractivity contribution in [3.63, 3.8) is 0 Å². The lowest BCUT2D eigenvalue weighted by Crippen LogP contribution is -2.33. The van der Waals surface area contributed by atoms with Gasteiger partial charge in [-0.3, -0.25) is 19.7 Å². The number of nitrogens with zero attached hydrogens (tertiary/aromatic N) is 2. The van der Waals surface area contributed by atoms with E-state index >= 15 is 0 Å². The number of nitrogens with one attached hydrogen (secondary N) is 1. The number of fused-ring (bicyclic) bond motifs is 1.